The third-order valence-corrected chi connectivity index (χ3v) is 8.36. The second kappa shape index (κ2) is 31.7. The number of allylic oxidation sites excluding steroid dienone is 8. The van der Waals surface area contributed by atoms with Crippen LogP contribution in [0, 0.1) is 0 Å². The molecule has 0 saturated carbocycles. The monoisotopic (exact) mass is 683 g/mol. The lowest BCUT2D eigenvalue weighted by Crippen LogP contribution is -2.37. The van der Waals surface area contributed by atoms with Crippen molar-refractivity contribution in [2.45, 2.75) is 136 Å². The second-order valence-electron chi connectivity index (χ2n) is 13.2. The molecule has 0 aromatic rings. The first-order chi connectivity index (χ1) is 22.6. The lowest BCUT2D eigenvalue weighted by molar-refractivity contribution is -0.870. The summed E-state index contributed by atoms with van der Waals surface area (Å²) in [5.41, 5.74) is 0. The molecule has 0 amide bonds. The van der Waals surface area contributed by atoms with E-state index in [0.717, 1.165) is 83.5 Å². The first-order valence-electron chi connectivity index (χ1n) is 18.4. The summed E-state index contributed by atoms with van der Waals surface area (Å²) < 4.78 is 34.2. The number of hydrogen-bond acceptors (Lipinski definition) is 7. The van der Waals surface area contributed by atoms with E-state index < -0.39 is 13.9 Å². The van der Waals surface area contributed by atoms with Gasteiger partial charge in [-0.1, -0.05) is 120 Å². The van der Waals surface area contributed by atoms with Crippen LogP contribution in [0.25, 0.3) is 0 Å². The van der Waals surface area contributed by atoms with Crippen LogP contribution in [0.15, 0.2) is 48.6 Å². The van der Waals surface area contributed by atoms with Crippen LogP contribution in [0.5, 0.6) is 0 Å². The summed E-state index contributed by atoms with van der Waals surface area (Å²) in [6.45, 7) is 5.16. The second-order valence-corrected chi connectivity index (χ2v) is 14.6. The molecule has 0 aromatic heterocycles. The molecule has 0 saturated heterocycles. The van der Waals surface area contributed by atoms with E-state index >= 15 is 0 Å². The predicted molar refractivity (Wildman–Crippen MR) is 194 cm³/mol. The van der Waals surface area contributed by atoms with Gasteiger partial charge >= 0.3 is 5.97 Å². The van der Waals surface area contributed by atoms with Crippen LogP contribution in [0.3, 0.4) is 0 Å². The summed E-state index contributed by atoms with van der Waals surface area (Å²) in [6, 6.07) is 0. The number of nitrogens with zero attached hydrogens (tertiary/aromatic N) is 1. The third-order valence-electron chi connectivity index (χ3n) is 7.39. The molecule has 8 nitrogen and oxygen atoms in total. The minimum absolute atomic E-state index is 0.0221. The van der Waals surface area contributed by atoms with Crippen molar-refractivity contribution < 1.29 is 37.3 Å². The van der Waals surface area contributed by atoms with E-state index in [1.807, 2.05) is 21.1 Å². The SMILES string of the molecule is CC/C=C\C/C=C\C/C=C\C/C=C\CCCCCCCCCOCC(COP(=O)([O-])OCC[N+](C)(C)C)OC(=O)CCCCCCC. The Kier molecular flexibility index (Phi) is 30.7. The average Bonchev–Trinajstić information content (AvgIpc) is 3.01. The largest absolute Gasteiger partial charge is 0.756 e. The zero-order valence-electron chi connectivity index (χ0n) is 30.7. The molecule has 2 atom stereocenters. The molecule has 9 heteroatoms. The topological polar surface area (TPSA) is 94.1 Å². The lowest BCUT2D eigenvalue weighted by atomic mass is 10.1. The highest BCUT2D eigenvalue weighted by molar-refractivity contribution is 7.45. The maximum absolute atomic E-state index is 12.4. The number of hydrogen-bond donors (Lipinski definition) is 0. The number of ether oxygens (including phenoxy) is 2. The highest BCUT2D eigenvalue weighted by atomic mass is 31.2. The minimum atomic E-state index is -4.51. The molecule has 2 unspecified atom stereocenters. The van der Waals surface area contributed by atoms with E-state index in [0.29, 0.717) is 24.1 Å². The average molecular weight is 684 g/mol. The summed E-state index contributed by atoms with van der Waals surface area (Å²) in [6.07, 6.45) is 35.9. The summed E-state index contributed by atoms with van der Waals surface area (Å²) >= 11 is 0. The number of unbranched alkanes of at least 4 members (excludes halogenated alkanes) is 11. The van der Waals surface area contributed by atoms with Crippen LogP contribution in [-0.4, -0.2) is 70.7 Å². The molecular formula is C38H70NO7P. The Morgan fingerprint density at radius 1 is 0.681 bits per heavy atom. The van der Waals surface area contributed by atoms with Crippen molar-refractivity contribution in [1.29, 1.82) is 0 Å². The van der Waals surface area contributed by atoms with Crippen molar-refractivity contribution in [2.75, 3.05) is 54.1 Å². The molecule has 0 heterocycles. The molecule has 0 rings (SSSR count). The number of likely N-dealkylation sites (N-methyl/N-ethyl adjacent to an activating group) is 1. The Morgan fingerprint density at radius 2 is 1.23 bits per heavy atom. The zero-order valence-corrected chi connectivity index (χ0v) is 31.6. The van der Waals surface area contributed by atoms with Gasteiger partial charge in [-0.05, 0) is 51.4 Å². The maximum Gasteiger partial charge on any atom is 0.306 e. The maximum atomic E-state index is 12.4. The van der Waals surface area contributed by atoms with E-state index in [2.05, 4.69) is 62.5 Å². The highest BCUT2D eigenvalue weighted by Crippen LogP contribution is 2.38. The van der Waals surface area contributed by atoms with Crippen LogP contribution in [0.2, 0.25) is 0 Å². The number of phosphoric acid groups is 1. The van der Waals surface area contributed by atoms with Crippen molar-refractivity contribution in [3.63, 3.8) is 0 Å². The Bertz CT molecular complexity index is 895. The summed E-state index contributed by atoms with van der Waals surface area (Å²) in [5, 5.41) is 0. The van der Waals surface area contributed by atoms with Gasteiger partial charge in [0.2, 0.25) is 0 Å². The lowest BCUT2D eigenvalue weighted by Gasteiger charge is -2.28. The molecule has 0 N–H and O–H groups in total. The fourth-order valence-corrected chi connectivity index (χ4v) is 5.26. The van der Waals surface area contributed by atoms with Gasteiger partial charge in [0.1, 0.15) is 19.3 Å². The van der Waals surface area contributed by atoms with Gasteiger partial charge in [-0.25, -0.2) is 0 Å². The smallest absolute Gasteiger partial charge is 0.306 e. The fraction of sp³-hybridized carbons (Fsp3) is 0.763. The molecule has 47 heavy (non-hydrogen) atoms. The molecule has 274 valence electrons. The molecule has 0 bridgehead atoms. The van der Waals surface area contributed by atoms with E-state index in [1.165, 1.54) is 25.7 Å². The van der Waals surface area contributed by atoms with Crippen molar-refractivity contribution >= 4 is 13.8 Å². The molecule has 0 aliphatic heterocycles. The molecule has 0 radical (unpaired) electrons. The summed E-state index contributed by atoms with van der Waals surface area (Å²) in [4.78, 5) is 24.6. The van der Waals surface area contributed by atoms with E-state index in [9.17, 15) is 14.3 Å². The van der Waals surface area contributed by atoms with Gasteiger partial charge in [-0.3, -0.25) is 9.36 Å². The predicted octanol–water partition coefficient (Wildman–Crippen LogP) is 9.41. The van der Waals surface area contributed by atoms with Crippen molar-refractivity contribution in [3.8, 4) is 0 Å². The van der Waals surface area contributed by atoms with Crippen molar-refractivity contribution in [1.82, 2.24) is 0 Å². The molecule has 0 aromatic carbocycles. The highest BCUT2D eigenvalue weighted by Gasteiger charge is 2.20. The molecule has 0 fully saturated rings. The number of esters is 1. The van der Waals surface area contributed by atoms with Gasteiger partial charge in [0.25, 0.3) is 7.82 Å². The molecule has 0 aliphatic carbocycles. The van der Waals surface area contributed by atoms with Crippen LogP contribution < -0.4 is 4.89 Å². The third kappa shape index (κ3) is 35.6. The zero-order chi connectivity index (χ0) is 34.9. The van der Waals surface area contributed by atoms with Crippen LogP contribution in [-0.2, 0) is 27.9 Å². The van der Waals surface area contributed by atoms with Crippen molar-refractivity contribution in [3.05, 3.63) is 48.6 Å². The van der Waals surface area contributed by atoms with Gasteiger partial charge in [-0.15, -0.1) is 0 Å². The van der Waals surface area contributed by atoms with Gasteiger partial charge in [0, 0.05) is 13.0 Å². The van der Waals surface area contributed by atoms with E-state index in [1.54, 1.807) is 0 Å². The Balaban J connectivity index is 4.12. The van der Waals surface area contributed by atoms with Gasteiger partial charge in [0.05, 0.1) is 34.4 Å². The van der Waals surface area contributed by atoms with Crippen molar-refractivity contribution in [2.24, 2.45) is 0 Å². The van der Waals surface area contributed by atoms with Crippen LogP contribution >= 0.6 is 7.82 Å². The molecule has 0 spiro atoms. The van der Waals surface area contributed by atoms with Gasteiger partial charge < -0.3 is 27.9 Å². The first-order valence-corrected chi connectivity index (χ1v) is 19.8. The van der Waals surface area contributed by atoms with Crippen LogP contribution in [0.4, 0.5) is 0 Å². The number of carbonyl (C=O) groups excluding carboxylic acids is 1. The summed E-state index contributed by atoms with van der Waals surface area (Å²) in [7, 11) is 1.34. The molecule has 0 aliphatic rings. The van der Waals surface area contributed by atoms with Gasteiger partial charge in [0.15, 0.2) is 0 Å². The van der Waals surface area contributed by atoms with E-state index in [-0.39, 0.29) is 25.8 Å². The Morgan fingerprint density at radius 3 is 1.85 bits per heavy atom. The van der Waals surface area contributed by atoms with Gasteiger partial charge in [-0.2, -0.15) is 0 Å². The minimum Gasteiger partial charge on any atom is -0.756 e. The number of phosphoric ester groups is 1. The first kappa shape index (κ1) is 45.5. The number of rotatable bonds is 33. The summed E-state index contributed by atoms with van der Waals surface area (Å²) in [5.74, 6) is -0.354. The quantitative estimate of drug-likeness (QED) is 0.0224. The fourth-order valence-electron chi connectivity index (χ4n) is 4.53. The Hall–Kier alpha value is -1.54. The van der Waals surface area contributed by atoms with E-state index in [4.69, 9.17) is 18.5 Å². The normalized spacial score (nSPS) is 14.6. The van der Waals surface area contributed by atoms with Crippen LogP contribution in [0.1, 0.15) is 129 Å². The molecular weight excluding hydrogens is 613 g/mol. The Labute approximate surface area is 288 Å². The standard InChI is InChI=1S/C38H70NO7P/c1-6-8-10-12-13-14-15-16-17-18-19-20-21-22-23-24-25-26-28-30-33-43-35-37(46-38(40)31-29-27-11-9-7-2)36-45-47(41,42)44-34-32-39(3,4)5/h8,10,13-14,16-17,19-20,37H,6-7,9,11-12,15,18,21-36H2,1-5H3/b10-8-,14-13-,17-16-,20-19-. The number of carbonyl (C=O) groups is 1. The number of quaternary nitrogens is 1.